The van der Waals surface area contributed by atoms with Crippen LogP contribution in [0, 0.1) is 0 Å². The number of hydrogen-bond acceptors (Lipinski definition) is 4. The number of benzene rings is 1. The first-order chi connectivity index (χ1) is 10.6. The average molecular weight is 304 g/mol. The molecule has 0 bridgehead atoms. The molecule has 1 N–H and O–H groups in total. The maximum absolute atomic E-state index is 12.3. The van der Waals surface area contributed by atoms with Gasteiger partial charge in [0, 0.05) is 18.6 Å². The van der Waals surface area contributed by atoms with Gasteiger partial charge in [0.25, 0.3) is 0 Å². The van der Waals surface area contributed by atoms with Gasteiger partial charge in [0.1, 0.15) is 0 Å². The third-order valence-electron chi connectivity index (χ3n) is 4.48. The highest BCUT2D eigenvalue weighted by molar-refractivity contribution is 5.78. The molecule has 5 nitrogen and oxygen atoms in total. The number of rotatable bonds is 4. The number of fused-ring (bicyclic) bond motifs is 1. The van der Waals surface area contributed by atoms with Crippen molar-refractivity contribution in [3.8, 4) is 11.5 Å². The van der Waals surface area contributed by atoms with Crippen LogP contribution >= 0.6 is 0 Å². The van der Waals surface area contributed by atoms with Crippen LogP contribution in [0.3, 0.4) is 0 Å². The van der Waals surface area contributed by atoms with Gasteiger partial charge in [-0.2, -0.15) is 0 Å². The number of carbonyl (C=O) groups excluding carboxylic acids is 1. The minimum absolute atomic E-state index is 0.188. The predicted octanol–water partition coefficient (Wildman–Crippen LogP) is 2.25. The first kappa shape index (κ1) is 15.2. The molecule has 5 heteroatoms. The maximum Gasteiger partial charge on any atom is 0.236 e. The third kappa shape index (κ3) is 3.19. The summed E-state index contributed by atoms with van der Waals surface area (Å²) in [4.78, 5) is 14.2. The molecular weight excluding hydrogens is 280 g/mol. The summed E-state index contributed by atoms with van der Waals surface area (Å²) in [6.07, 6.45) is 3.48. The molecule has 22 heavy (non-hydrogen) atoms. The summed E-state index contributed by atoms with van der Waals surface area (Å²) in [5, 5.41) is 3.38. The highest BCUT2D eigenvalue weighted by Gasteiger charge is 2.25. The summed E-state index contributed by atoms with van der Waals surface area (Å²) >= 11 is 0. The fourth-order valence-electron chi connectivity index (χ4n) is 2.94. The highest BCUT2D eigenvalue weighted by Crippen LogP contribution is 2.35. The molecule has 0 spiro atoms. The first-order valence-corrected chi connectivity index (χ1v) is 7.99. The van der Waals surface area contributed by atoms with Gasteiger partial charge in [-0.3, -0.25) is 10.1 Å². The molecule has 2 aliphatic heterocycles. The van der Waals surface area contributed by atoms with Gasteiger partial charge in [-0.1, -0.05) is 6.07 Å². The summed E-state index contributed by atoms with van der Waals surface area (Å²) in [5.41, 5.74) is 0.787. The summed E-state index contributed by atoms with van der Waals surface area (Å²) in [7, 11) is 0. The minimum Gasteiger partial charge on any atom is -0.454 e. The van der Waals surface area contributed by atoms with Gasteiger partial charge in [-0.25, -0.2) is 0 Å². The van der Waals surface area contributed by atoms with Crippen LogP contribution < -0.4 is 14.8 Å². The number of amides is 1. The van der Waals surface area contributed by atoms with Gasteiger partial charge in [0.2, 0.25) is 12.7 Å². The Morgan fingerprint density at radius 1 is 1.18 bits per heavy atom. The second kappa shape index (κ2) is 6.16. The van der Waals surface area contributed by atoms with Crippen molar-refractivity contribution < 1.29 is 14.3 Å². The van der Waals surface area contributed by atoms with E-state index in [0.717, 1.165) is 43.0 Å². The molecule has 2 heterocycles. The number of carbonyl (C=O) groups is 1. The Kier molecular flexibility index (Phi) is 4.25. The van der Waals surface area contributed by atoms with Gasteiger partial charge in [0.15, 0.2) is 11.5 Å². The number of piperidine rings is 1. The molecule has 1 saturated heterocycles. The van der Waals surface area contributed by atoms with Gasteiger partial charge < -0.3 is 14.4 Å². The number of ether oxygens (including phenoxy) is 2. The standard InChI is InChI=1S/C17H24N2O3/c1-17(2,13-6-7-14-15(10-13)22-12-21-14)18-11-16(20)19-8-4-3-5-9-19/h6-7,10,18H,3-5,8-9,11-12H2,1-2H3. The fourth-order valence-corrected chi connectivity index (χ4v) is 2.94. The van der Waals surface area contributed by atoms with Crippen LogP contribution in [0.2, 0.25) is 0 Å². The first-order valence-electron chi connectivity index (χ1n) is 7.99. The Hall–Kier alpha value is -1.75. The topological polar surface area (TPSA) is 50.8 Å². The fraction of sp³-hybridized carbons (Fsp3) is 0.588. The zero-order valence-electron chi connectivity index (χ0n) is 13.4. The minimum atomic E-state index is -0.299. The maximum atomic E-state index is 12.3. The lowest BCUT2D eigenvalue weighted by molar-refractivity contribution is -0.131. The van der Waals surface area contributed by atoms with Crippen LogP contribution in [0.25, 0.3) is 0 Å². The third-order valence-corrected chi connectivity index (χ3v) is 4.48. The molecule has 0 aromatic heterocycles. The van der Waals surface area contributed by atoms with Crippen LogP contribution in [0.15, 0.2) is 18.2 Å². The highest BCUT2D eigenvalue weighted by atomic mass is 16.7. The lowest BCUT2D eigenvalue weighted by Crippen LogP contribution is -2.46. The molecule has 3 rings (SSSR count). The van der Waals surface area contributed by atoms with E-state index >= 15 is 0 Å². The number of nitrogens with zero attached hydrogens (tertiary/aromatic N) is 1. The summed E-state index contributed by atoms with van der Waals surface area (Å²) in [6, 6.07) is 5.93. The number of hydrogen-bond donors (Lipinski definition) is 1. The average Bonchev–Trinajstić information content (AvgIpc) is 3.01. The van der Waals surface area contributed by atoms with E-state index in [4.69, 9.17) is 9.47 Å². The number of nitrogens with one attached hydrogen (secondary N) is 1. The predicted molar refractivity (Wildman–Crippen MR) is 84.0 cm³/mol. The van der Waals surface area contributed by atoms with E-state index in [9.17, 15) is 4.79 Å². The van der Waals surface area contributed by atoms with Crippen LogP contribution in [0.1, 0.15) is 38.7 Å². The number of likely N-dealkylation sites (tertiary alicyclic amines) is 1. The lowest BCUT2D eigenvalue weighted by atomic mass is 9.94. The Balaban J connectivity index is 1.61. The summed E-state index contributed by atoms with van der Waals surface area (Å²) in [6.45, 7) is 6.58. The Morgan fingerprint density at radius 3 is 2.68 bits per heavy atom. The molecule has 2 aliphatic rings. The van der Waals surface area contributed by atoms with Crippen molar-refractivity contribution in [2.75, 3.05) is 26.4 Å². The van der Waals surface area contributed by atoms with E-state index < -0.39 is 0 Å². The van der Waals surface area contributed by atoms with Gasteiger partial charge in [0.05, 0.1) is 6.54 Å². The molecule has 0 saturated carbocycles. The van der Waals surface area contributed by atoms with E-state index in [0.29, 0.717) is 6.54 Å². The molecule has 1 aromatic rings. The van der Waals surface area contributed by atoms with Crippen molar-refractivity contribution in [3.63, 3.8) is 0 Å². The zero-order valence-corrected chi connectivity index (χ0v) is 13.4. The molecular formula is C17H24N2O3. The SMILES string of the molecule is CC(C)(NCC(=O)N1CCCCC1)c1ccc2c(c1)OCO2. The lowest BCUT2D eigenvalue weighted by Gasteiger charge is -2.31. The van der Waals surface area contributed by atoms with Crippen molar-refractivity contribution in [3.05, 3.63) is 23.8 Å². The van der Waals surface area contributed by atoms with Crippen molar-refractivity contribution in [2.45, 2.75) is 38.6 Å². The second-order valence-electron chi connectivity index (χ2n) is 6.49. The van der Waals surface area contributed by atoms with Gasteiger partial charge in [-0.15, -0.1) is 0 Å². The molecule has 0 unspecified atom stereocenters. The summed E-state index contributed by atoms with van der Waals surface area (Å²) in [5.74, 6) is 1.74. The van der Waals surface area contributed by atoms with Crippen LogP contribution in [-0.2, 0) is 10.3 Å². The second-order valence-corrected chi connectivity index (χ2v) is 6.49. The molecule has 1 fully saturated rings. The van der Waals surface area contributed by atoms with Crippen molar-refractivity contribution >= 4 is 5.91 Å². The van der Waals surface area contributed by atoms with Gasteiger partial charge in [-0.05, 0) is 50.8 Å². The normalized spacial score (nSPS) is 17.6. The smallest absolute Gasteiger partial charge is 0.236 e. The largest absolute Gasteiger partial charge is 0.454 e. The molecule has 0 radical (unpaired) electrons. The van der Waals surface area contributed by atoms with E-state index in [1.165, 1.54) is 6.42 Å². The van der Waals surface area contributed by atoms with Crippen molar-refractivity contribution in [1.29, 1.82) is 0 Å². The monoisotopic (exact) mass is 304 g/mol. The Bertz CT molecular complexity index is 551. The van der Waals surface area contributed by atoms with Crippen LogP contribution in [0.5, 0.6) is 11.5 Å². The van der Waals surface area contributed by atoms with Crippen molar-refractivity contribution in [1.82, 2.24) is 10.2 Å². The molecule has 0 atom stereocenters. The van der Waals surface area contributed by atoms with Crippen LogP contribution in [0.4, 0.5) is 0 Å². The molecule has 1 amide bonds. The van der Waals surface area contributed by atoms with Gasteiger partial charge >= 0.3 is 0 Å². The molecule has 1 aromatic carbocycles. The van der Waals surface area contributed by atoms with Crippen LogP contribution in [-0.4, -0.2) is 37.2 Å². The van der Waals surface area contributed by atoms with Crippen molar-refractivity contribution in [2.24, 2.45) is 0 Å². The Labute approximate surface area is 131 Å². The van der Waals surface area contributed by atoms with E-state index in [2.05, 4.69) is 19.2 Å². The quantitative estimate of drug-likeness (QED) is 0.927. The summed E-state index contributed by atoms with van der Waals surface area (Å²) < 4.78 is 10.8. The zero-order chi connectivity index (χ0) is 15.6. The van der Waals surface area contributed by atoms with E-state index in [-0.39, 0.29) is 18.2 Å². The molecule has 120 valence electrons. The van der Waals surface area contributed by atoms with E-state index in [1.807, 2.05) is 23.1 Å². The molecule has 0 aliphatic carbocycles. The van der Waals surface area contributed by atoms with E-state index in [1.54, 1.807) is 0 Å². The Morgan fingerprint density at radius 2 is 1.91 bits per heavy atom.